The van der Waals surface area contributed by atoms with Crippen LogP contribution in [0.5, 0.6) is 0 Å². The molecule has 5 nitrogen and oxygen atoms in total. The minimum atomic E-state index is 0.290. The molecule has 0 spiro atoms. The number of anilines is 2. The van der Waals surface area contributed by atoms with E-state index in [9.17, 15) is 0 Å². The van der Waals surface area contributed by atoms with E-state index in [0.717, 1.165) is 23.1 Å². The van der Waals surface area contributed by atoms with E-state index in [1.165, 1.54) is 12.8 Å². The van der Waals surface area contributed by atoms with Crippen LogP contribution in [-0.4, -0.2) is 16.0 Å². The summed E-state index contributed by atoms with van der Waals surface area (Å²) in [6.45, 7) is 8.43. The van der Waals surface area contributed by atoms with Crippen LogP contribution in [0.4, 0.5) is 11.6 Å². The lowest BCUT2D eigenvalue weighted by molar-refractivity contribution is 0.308. The van der Waals surface area contributed by atoms with E-state index < -0.39 is 0 Å². The Balaban J connectivity index is 2.24. The number of nitrogens with one attached hydrogen (secondary N) is 2. The number of rotatable bonds is 4. The van der Waals surface area contributed by atoms with Gasteiger partial charge in [0.05, 0.1) is 0 Å². The summed E-state index contributed by atoms with van der Waals surface area (Å²) < 4.78 is 0. The number of hydrogen-bond donors (Lipinski definition) is 3. The molecule has 1 fully saturated rings. The third kappa shape index (κ3) is 2.56. The first-order chi connectivity index (χ1) is 8.51. The molecule has 2 rings (SSSR count). The normalized spacial score (nSPS) is 22.8. The Kier molecular flexibility index (Phi) is 3.71. The van der Waals surface area contributed by atoms with Crippen LogP contribution >= 0.6 is 0 Å². The number of nitrogen functional groups attached to an aromatic ring is 1. The molecule has 1 saturated carbocycles. The Bertz CT molecular complexity index is 424. The SMILES string of the molecule is Cc1c(NN)nc(C(C)C)nc1NC1CC(C)C1. The van der Waals surface area contributed by atoms with Crippen molar-refractivity contribution in [3.8, 4) is 0 Å². The van der Waals surface area contributed by atoms with Crippen molar-refractivity contribution in [3.05, 3.63) is 11.4 Å². The molecule has 100 valence electrons. The quantitative estimate of drug-likeness (QED) is 0.564. The first-order valence-corrected chi connectivity index (χ1v) is 6.63. The van der Waals surface area contributed by atoms with E-state index in [-0.39, 0.29) is 0 Å². The van der Waals surface area contributed by atoms with Crippen molar-refractivity contribution in [2.45, 2.75) is 52.5 Å². The molecule has 18 heavy (non-hydrogen) atoms. The topological polar surface area (TPSA) is 75.9 Å². The van der Waals surface area contributed by atoms with Gasteiger partial charge in [0.15, 0.2) is 0 Å². The Morgan fingerprint density at radius 3 is 2.33 bits per heavy atom. The van der Waals surface area contributed by atoms with Crippen LogP contribution in [0.15, 0.2) is 0 Å². The van der Waals surface area contributed by atoms with Gasteiger partial charge in [0.1, 0.15) is 17.5 Å². The summed E-state index contributed by atoms with van der Waals surface area (Å²) in [5.41, 5.74) is 3.65. The molecule has 5 heteroatoms. The minimum absolute atomic E-state index is 0.290. The van der Waals surface area contributed by atoms with Gasteiger partial charge in [0.25, 0.3) is 0 Å². The van der Waals surface area contributed by atoms with Crippen LogP contribution in [-0.2, 0) is 0 Å². The standard InChI is InChI=1S/C13H23N5/c1-7(2)11-16-12(9(4)13(17-11)18-14)15-10-5-8(3)6-10/h7-8,10H,5-6,14H2,1-4H3,(H2,15,16,17,18). The summed E-state index contributed by atoms with van der Waals surface area (Å²) in [4.78, 5) is 9.04. The Morgan fingerprint density at radius 2 is 1.83 bits per heavy atom. The zero-order valence-corrected chi connectivity index (χ0v) is 11.6. The van der Waals surface area contributed by atoms with Gasteiger partial charge >= 0.3 is 0 Å². The fourth-order valence-electron chi connectivity index (χ4n) is 2.29. The lowest BCUT2D eigenvalue weighted by Gasteiger charge is -2.34. The molecular weight excluding hydrogens is 226 g/mol. The van der Waals surface area contributed by atoms with E-state index in [4.69, 9.17) is 5.84 Å². The van der Waals surface area contributed by atoms with Crippen molar-refractivity contribution < 1.29 is 0 Å². The summed E-state index contributed by atoms with van der Waals surface area (Å²) in [5.74, 6) is 9.08. The van der Waals surface area contributed by atoms with E-state index in [0.29, 0.717) is 17.8 Å². The lowest BCUT2D eigenvalue weighted by Crippen LogP contribution is -2.34. The Morgan fingerprint density at radius 1 is 1.22 bits per heavy atom. The molecule has 0 aromatic carbocycles. The second-order valence-electron chi connectivity index (χ2n) is 5.62. The average molecular weight is 249 g/mol. The van der Waals surface area contributed by atoms with Gasteiger partial charge in [0.2, 0.25) is 0 Å². The number of hydrazine groups is 1. The molecule has 4 N–H and O–H groups in total. The summed E-state index contributed by atoms with van der Waals surface area (Å²) in [6, 6.07) is 0.541. The van der Waals surface area contributed by atoms with Crippen LogP contribution in [0.2, 0.25) is 0 Å². The third-order valence-electron chi connectivity index (χ3n) is 3.53. The summed E-state index contributed by atoms with van der Waals surface area (Å²) in [5, 5.41) is 3.50. The van der Waals surface area contributed by atoms with Gasteiger partial charge in [-0.2, -0.15) is 0 Å². The molecule has 0 aliphatic heterocycles. The van der Waals surface area contributed by atoms with Crippen molar-refractivity contribution >= 4 is 11.6 Å². The maximum absolute atomic E-state index is 5.52. The molecule has 1 heterocycles. The van der Waals surface area contributed by atoms with Crippen LogP contribution < -0.4 is 16.6 Å². The van der Waals surface area contributed by atoms with Crippen molar-refractivity contribution in [1.29, 1.82) is 0 Å². The number of nitrogens with two attached hydrogens (primary N) is 1. The fourth-order valence-corrected chi connectivity index (χ4v) is 2.29. The zero-order valence-electron chi connectivity index (χ0n) is 11.6. The fraction of sp³-hybridized carbons (Fsp3) is 0.692. The zero-order chi connectivity index (χ0) is 13.3. The lowest BCUT2D eigenvalue weighted by atomic mass is 9.82. The predicted octanol–water partition coefficient (Wildman–Crippen LogP) is 2.40. The summed E-state index contributed by atoms with van der Waals surface area (Å²) >= 11 is 0. The summed E-state index contributed by atoms with van der Waals surface area (Å²) in [7, 11) is 0. The van der Waals surface area contributed by atoms with Gasteiger partial charge in [-0.15, -0.1) is 0 Å². The molecule has 1 aromatic rings. The van der Waals surface area contributed by atoms with E-state index in [1.54, 1.807) is 0 Å². The molecule has 0 bridgehead atoms. The van der Waals surface area contributed by atoms with Crippen LogP contribution in [0.3, 0.4) is 0 Å². The highest BCUT2D eigenvalue weighted by Crippen LogP contribution is 2.31. The Labute approximate surface area is 109 Å². The highest BCUT2D eigenvalue weighted by molar-refractivity contribution is 5.57. The molecule has 0 radical (unpaired) electrons. The van der Waals surface area contributed by atoms with Crippen LogP contribution in [0.25, 0.3) is 0 Å². The monoisotopic (exact) mass is 249 g/mol. The highest BCUT2D eigenvalue weighted by Gasteiger charge is 2.26. The number of nitrogens with zero attached hydrogens (tertiary/aromatic N) is 2. The van der Waals surface area contributed by atoms with Gasteiger partial charge in [-0.3, -0.25) is 0 Å². The second kappa shape index (κ2) is 5.10. The molecule has 0 saturated heterocycles. The van der Waals surface area contributed by atoms with Gasteiger partial charge in [0, 0.05) is 17.5 Å². The predicted molar refractivity (Wildman–Crippen MR) is 74.5 cm³/mol. The van der Waals surface area contributed by atoms with Crippen molar-refractivity contribution in [2.24, 2.45) is 11.8 Å². The number of aromatic nitrogens is 2. The average Bonchev–Trinajstić information content (AvgIpc) is 2.29. The maximum Gasteiger partial charge on any atom is 0.148 e. The first-order valence-electron chi connectivity index (χ1n) is 6.63. The molecule has 0 unspecified atom stereocenters. The van der Waals surface area contributed by atoms with Gasteiger partial charge in [-0.1, -0.05) is 20.8 Å². The van der Waals surface area contributed by atoms with Crippen molar-refractivity contribution in [3.63, 3.8) is 0 Å². The largest absolute Gasteiger partial charge is 0.367 e. The Hall–Kier alpha value is -1.36. The van der Waals surface area contributed by atoms with Gasteiger partial charge < -0.3 is 10.7 Å². The first kappa shape index (κ1) is 13.1. The molecule has 0 amide bonds. The minimum Gasteiger partial charge on any atom is -0.367 e. The van der Waals surface area contributed by atoms with E-state index in [2.05, 4.69) is 41.5 Å². The summed E-state index contributed by atoms with van der Waals surface area (Å²) in [6.07, 6.45) is 2.43. The molecular formula is C13H23N5. The molecule has 1 aliphatic carbocycles. The highest BCUT2D eigenvalue weighted by atomic mass is 15.3. The molecule has 0 atom stereocenters. The van der Waals surface area contributed by atoms with Gasteiger partial charge in [-0.25, -0.2) is 15.8 Å². The van der Waals surface area contributed by atoms with E-state index >= 15 is 0 Å². The van der Waals surface area contributed by atoms with Crippen molar-refractivity contribution in [2.75, 3.05) is 10.7 Å². The number of hydrogen-bond acceptors (Lipinski definition) is 5. The smallest absolute Gasteiger partial charge is 0.148 e. The van der Waals surface area contributed by atoms with E-state index in [1.807, 2.05) is 6.92 Å². The maximum atomic E-state index is 5.52. The second-order valence-corrected chi connectivity index (χ2v) is 5.62. The third-order valence-corrected chi connectivity index (χ3v) is 3.53. The molecule has 1 aliphatic rings. The van der Waals surface area contributed by atoms with Crippen molar-refractivity contribution in [1.82, 2.24) is 9.97 Å². The van der Waals surface area contributed by atoms with Gasteiger partial charge in [-0.05, 0) is 25.7 Å². The van der Waals surface area contributed by atoms with Crippen LogP contribution in [0, 0.1) is 12.8 Å². The van der Waals surface area contributed by atoms with Crippen LogP contribution in [0.1, 0.15) is 50.9 Å². The molecule has 1 aromatic heterocycles.